The summed E-state index contributed by atoms with van der Waals surface area (Å²) in [5.74, 6) is 0. The number of aryl methyl sites for hydroxylation is 1. The molecule has 3 aliphatic carbocycles. The van der Waals surface area contributed by atoms with Crippen molar-refractivity contribution >= 4 is 0 Å². The van der Waals surface area contributed by atoms with Crippen LogP contribution in [0.4, 0.5) is 0 Å². The lowest BCUT2D eigenvalue weighted by Gasteiger charge is -2.53. The van der Waals surface area contributed by atoms with Gasteiger partial charge in [0, 0.05) is 6.61 Å². The zero-order valence-electron chi connectivity index (χ0n) is 11.4. The normalized spacial score (nSPS) is 34.8. The summed E-state index contributed by atoms with van der Waals surface area (Å²) in [5, 5.41) is 9.59. The standard InChI is InChI=1S/C17H24O/c1-2-14-3-5-15(6-4-14)17-10-7-16(13-18,8-11-17)9-12-17/h3-6,18H,2,7-13H2,1H3. The Morgan fingerprint density at radius 2 is 1.50 bits per heavy atom. The smallest absolute Gasteiger partial charge is 0.0487 e. The molecule has 0 aliphatic heterocycles. The number of fused-ring (bicyclic) bond motifs is 3. The second kappa shape index (κ2) is 4.38. The summed E-state index contributed by atoms with van der Waals surface area (Å²) in [7, 11) is 0. The number of aliphatic hydroxyl groups is 1. The summed E-state index contributed by atoms with van der Waals surface area (Å²) >= 11 is 0. The van der Waals surface area contributed by atoms with Gasteiger partial charge in [0.2, 0.25) is 0 Å². The molecule has 3 fully saturated rings. The van der Waals surface area contributed by atoms with Gasteiger partial charge in [-0.25, -0.2) is 0 Å². The van der Waals surface area contributed by atoms with Gasteiger partial charge in [0.25, 0.3) is 0 Å². The van der Waals surface area contributed by atoms with Gasteiger partial charge in [-0.3, -0.25) is 0 Å². The third-order valence-corrected chi connectivity index (χ3v) is 5.71. The SMILES string of the molecule is CCc1ccc(C23CCC(CO)(CC2)CC3)cc1. The number of rotatable bonds is 3. The van der Waals surface area contributed by atoms with Gasteiger partial charge < -0.3 is 5.11 Å². The fraction of sp³-hybridized carbons (Fsp3) is 0.647. The molecular weight excluding hydrogens is 220 g/mol. The maximum absolute atomic E-state index is 9.59. The van der Waals surface area contributed by atoms with Gasteiger partial charge in [-0.15, -0.1) is 0 Å². The fourth-order valence-electron chi connectivity index (χ4n) is 4.03. The van der Waals surface area contributed by atoms with Crippen LogP contribution in [0.2, 0.25) is 0 Å². The molecule has 0 saturated heterocycles. The molecular formula is C17H24O. The zero-order chi connectivity index (χ0) is 12.6. The molecule has 18 heavy (non-hydrogen) atoms. The quantitative estimate of drug-likeness (QED) is 0.856. The zero-order valence-corrected chi connectivity index (χ0v) is 11.4. The van der Waals surface area contributed by atoms with E-state index < -0.39 is 0 Å². The number of hydrogen-bond donors (Lipinski definition) is 1. The predicted molar refractivity (Wildman–Crippen MR) is 74.7 cm³/mol. The van der Waals surface area contributed by atoms with Crippen LogP contribution in [-0.2, 0) is 11.8 Å². The first-order valence-electron chi connectivity index (χ1n) is 7.42. The van der Waals surface area contributed by atoms with Crippen molar-refractivity contribution in [2.45, 2.75) is 57.3 Å². The van der Waals surface area contributed by atoms with Crippen LogP contribution in [0.15, 0.2) is 24.3 Å². The van der Waals surface area contributed by atoms with Gasteiger partial charge in [0.1, 0.15) is 0 Å². The monoisotopic (exact) mass is 244 g/mol. The van der Waals surface area contributed by atoms with E-state index in [9.17, 15) is 5.11 Å². The summed E-state index contributed by atoms with van der Waals surface area (Å²) in [4.78, 5) is 0. The molecule has 2 bridgehead atoms. The van der Waals surface area contributed by atoms with E-state index in [0.29, 0.717) is 12.0 Å². The van der Waals surface area contributed by atoms with Crippen LogP contribution >= 0.6 is 0 Å². The highest BCUT2D eigenvalue weighted by atomic mass is 16.3. The van der Waals surface area contributed by atoms with Crippen molar-refractivity contribution < 1.29 is 5.11 Å². The summed E-state index contributed by atoms with van der Waals surface area (Å²) < 4.78 is 0. The maximum atomic E-state index is 9.59. The molecule has 1 nitrogen and oxygen atoms in total. The maximum Gasteiger partial charge on any atom is 0.0487 e. The molecule has 0 aromatic heterocycles. The highest BCUT2D eigenvalue weighted by molar-refractivity contribution is 5.31. The molecule has 0 atom stereocenters. The molecule has 98 valence electrons. The number of hydrogen-bond acceptors (Lipinski definition) is 1. The van der Waals surface area contributed by atoms with Crippen LogP contribution in [0.5, 0.6) is 0 Å². The van der Waals surface area contributed by atoms with Crippen LogP contribution in [0, 0.1) is 5.41 Å². The van der Waals surface area contributed by atoms with Crippen LogP contribution in [0.1, 0.15) is 56.6 Å². The number of benzene rings is 1. The third-order valence-electron chi connectivity index (χ3n) is 5.71. The molecule has 0 spiro atoms. The minimum atomic E-state index is 0.283. The van der Waals surface area contributed by atoms with Gasteiger partial charge in [-0.05, 0) is 66.9 Å². The summed E-state index contributed by atoms with van der Waals surface area (Å²) in [6, 6.07) is 9.31. The van der Waals surface area contributed by atoms with E-state index in [1.54, 1.807) is 5.56 Å². The van der Waals surface area contributed by atoms with Gasteiger partial charge in [-0.2, -0.15) is 0 Å². The summed E-state index contributed by atoms with van der Waals surface area (Å²) in [6.45, 7) is 2.61. The van der Waals surface area contributed by atoms with E-state index >= 15 is 0 Å². The van der Waals surface area contributed by atoms with Crippen LogP contribution < -0.4 is 0 Å². The Kier molecular flexibility index (Phi) is 2.97. The van der Waals surface area contributed by atoms with Crippen molar-refractivity contribution in [3.63, 3.8) is 0 Å². The van der Waals surface area contributed by atoms with E-state index in [4.69, 9.17) is 0 Å². The van der Waals surface area contributed by atoms with Crippen molar-refractivity contribution in [3.05, 3.63) is 35.4 Å². The van der Waals surface area contributed by atoms with Crippen molar-refractivity contribution in [1.29, 1.82) is 0 Å². The highest BCUT2D eigenvalue weighted by Gasteiger charge is 2.48. The molecule has 0 radical (unpaired) electrons. The molecule has 4 rings (SSSR count). The molecule has 0 unspecified atom stereocenters. The third kappa shape index (κ3) is 1.80. The lowest BCUT2D eigenvalue weighted by molar-refractivity contribution is -0.00688. The molecule has 1 N–H and O–H groups in total. The van der Waals surface area contributed by atoms with Crippen LogP contribution in [0.25, 0.3) is 0 Å². The second-order valence-corrected chi connectivity index (χ2v) is 6.49. The topological polar surface area (TPSA) is 20.2 Å². The molecule has 3 saturated carbocycles. The van der Waals surface area contributed by atoms with Crippen molar-refractivity contribution in [3.8, 4) is 0 Å². The lowest BCUT2D eigenvalue weighted by atomic mass is 9.52. The van der Waals surface area contributed by atoms with Crippen molar-refractivity contribution in [2.75, 3.05) is 6.61 Å². The Labute approximate surface area is 110 Å². The summed E-state index contributed by atoms with van der Waals surface area (Å²) in [6.07, 6.45) is 8.62. The summed E-state index contributed by atoms with van der Waals surface area (Å²) in [5.41, 5.74) is 3.70. The van der Waals surface area contributed by atoms with E-state index in [-0.39, 0.29) is 5.41 Å². The molecule has 0 amide bonds. The first kappa shape index (κ1) is 12.2. The van der Waals surface area contributed by atoms with Crippen molar-refractivity contribution in [1.82, 2.24) is 0 Å². The molecule has 3 aliphatic rings. The average Bonchev–Trinajstić information content (AvgIpc) is 2.49. The van der Waals surface area contributed by atoms with Crippen molar-refractivity contribution in [2.24, 2.45) is 5.41 Å². The first-order chi connectivity index (χ1) is 8.72. The van der Waals surface area contributed by atoms with Crippen LogP contribution in [-0.4, -0.2) is 11.7 Å². The van der Waals surface area contributed by atoms with Gasteiger partial charge >= 0.3 is 0 Å². The van der Waals surface area contributed by atoms with E-state index in [1.165, 1.54) is 44.1 Å². The van der Waals surface area contributed by atoms with Crippen LogP contribution in [0.3, 0.4) is 0 Å². The lowest BCUT2D eigenvalue weighted by Crippen LogP contribution is -2.45. The first-order valence-corrected chi connectivity index (χ1v) is 7.42. The average molecular weight is 244 g/mol. The number of aliphatic hydroxyl groups excluding tert-OH is 1. The van der Waals surface area contributed by atoms with E-state index in [2.05, 4.69) is 31.2 Å². The highest BCUT2D eigenvalue weighted by Crippen LogP contribution is 2.57. The fourth-order valence-corrected chi connectivity index (χ4v) is 4.03. The van der Waals surface area contributed by atoms with Gasteiger partial charge in [0.15, 0.2) is 0 Å². The Hall–Kier alpha value is -0.820. The molecule has 1 aromatic rings. The Morgan fingerprint density at radius 1 is 0.944 bits per heavy atom. The minimum absolute atomic E-state index is 0.283. The predicted octanol–water partition coefficient (Wildman–Crippen LogP) is 3.83. The minimum Gasteiger partial charge on any atom is -0.396 e. The Morgan fingerprint density at radius 3 is 1.94 bits per heavy atom. The Bertz CT molecular complexity index is 393. The van der Waals surface area contributed by atoms with E-state index in [1.807, 2.05) is 0 Å². The molecule has 0 heterocycles. The van der Waals surface area contributed by atoms with Gasteiger partial charge in [-0.1, -0.05) is 31.2 Å². The second-order valence-electron chi connectivity index (χ2n) is 6.49. The van der Waals surface area contributed by atoms with Gasteiger partial charge in [0.05, 0.1) is 0 Å². The molecule has 1 heteroatoms. The Balaban J connectivity index is 1.84. The largest absolute Gasteiger partial charge is 0.396 e. The van der Waals surface area contributed by atoms with E-state index in [0.717, 1.165) is 6.42 Å². The molecule has 1 aromatic carbocycles.